The van der Waals surface area contributed by atoms with Gasteiger partial charge >= 0.3 is 0 Å². The third-order valence-corrected chi connectivity index (χ3v) is 4.44. The Hall–Kier alpha value is -1.78. The molecule has 1 amide bonds. The molecular weight excluding hydrogens is 292 g/mol. The zero-order valence-corrected chi connectivity index (χ0v) is 13.6. The summed E-state index contributed by atoms with van der Waals surface area (Å²) in [5.74, 6) is 1.34. The summed E-state index contributed by atoms with van der Waals surface area (Å²) in [5, 5.41) is 3.43. The first-order valence-corrected chi connectivity index (χ1v) is 8.60. The van der Waals surface area contributed by atoms with Crippen LogP contribution in [0.25, 0.3) is 0 Å². The van der Waals surface area contributed by atoms with Crippen LogP contribution < -0.4 is 11.1 Å². The van der Waals surface area contributed by atoms with E-state index >= 15 is 0 Å². The molecule has 0 aliphatic carbocycles. The van der Waals surface area contributed by atoms with Gasteiger partial charge in [-0.05, 0) is 16.9 Å². The van der Waals surface area contributed by atoms with Crippen LogP contribution in [0.1, 0.15) is 24.1 Å². The van der Waals surface area contributed by atoms with Crippen molar-refractivity contribution in [3.8, 4) is 0 Å². The summed E-state index contributed by atoms with van der Waals surface area (Å²) in [6.07, 6.45) is 0. The Balaban J connectivity index is 2.26. The Morgan fingerprint density at radius 2 is 1.55 bits per heavy atom. The number of primary amides is 1. The van der Waals surface area contributed by atoms with E-state index in [9.17, 15) is 4.79 Å². The predicted molar refractivity (Wildman–Crippen MR) is 93.8 cm³/mol. The Morgan fingerprint density at radius 3 is 1.95 bits per heavy atom. The number of thioether (sulfide) groups is 1. The van der Waals surface area contributed by atoms with E-state index < -0.39 is 0 Å². The van der Waals surface area contributed by atoms with Crippen molar-refractivity contribution in [2.45, 2.75) is 19.0 Å². The summed E-state index contributed by atoms with van der Waals surface area (Å²) in [7, 11) is 0. The van der Waals surface area contributed by atoms with Crippen LogP contribution in [-0.2, 0) is 4.79 Å². The minimum Gasteiger partial charge on any atom is -0.368 e. The Labute approximate surface area is 136 Å². The van der Waals surface area contributed by atoms with Gasteiger partial charge in [-0.1, -0.05) is 67.6 Å². The van der Waals surface area contributed by atoms with Gasteiger partial charge in [-0.25, -0.2) is 0 Å². The summed E-state index contributed by atoms with van der Waals surface area (Å²) >= 11 is 1.71. The largest absolute Gasteiger partial charge is 0.368 e. The highest BCUT2D eigenvalue weighted by molar-refractivity contribution is 7.99. The molecule has 2 aromatic rings. The maximum absolute atomic E-state index is 11.7. The van der Waals surface area contributed by atoms with Crippen LogP contribution in [0.2, 0.25) is 0 Å². The second kappa shape index (κ2) is 8.61. The molecule has 0 spiro atoms. The lowest BCUT2D eigenvalue weighted by atomic mass is 9.98. The standard InChI is InChI=1S/C18H22N2OS/c1-2-22-13-16(18(19)21)20-17(14-9-5-3-6-10-14)15-11-7-4-8-12-15/h3-12,16-17,20H,2,13H2,1H3,(H2,19,21)/t16-/m1/s1. The average molecular weight is 314 g/mol. The molecule has 22 heavy (non-hydrogen) atoms. The molecule has 0 radical (unpaired) electrons. The fourth-order valence-corrected chi connectivity index (χ4v) is 3.06. The summed E-state index contributed by atoms with van der Waals surface area (Å²) in [4.78, 5) is 11.7. The van der Waals surface area contributed by atoms with Gasteiger partial charge in [0.15, 0.2) is 0 Å². The summed E-state index contributed by atoms with van der Waals surface area (Å²) in [6, 6.07) is 19.9. The maximum Gasteiger partial charge on any atom is 0.235 e. The smallest absolute Gasteiger partial charge is 0.235 e. The highest BCUT2D eigenvalue weighted by Crippen LogP contribution is 2.22. The van der Waals surface area contributed by atoms with E-state index in [-0.39, 0.29) is 18.0 Å². The van der Waals surface area contributed by atoms with Crippen molar-refractivity contribution in [1.82, 2.24) is 5.32 Å². The Kier molecular flexibility index (Phi) is 6.49. The van der Waals surface area contributed by atoms with Crippen molar-refractivity contribution in [2.75, 3.05) is 11.5 Å². The summed E-state index contributed by atoms with van der Waals surface area (Å²) in [6.45, 7) is 2.08. The van der Waals surface area contributed by atoms with E-state index in [1.54, 1.807) is 11.8 Å². The Morgan fingerprint density at radius 1 is 1.05 bits per heavy atom. The maximum atomic E-state index is 11.7. The number of carbonyl (C=O) groups is 1. The first kappa shape index (κ1) is 16.6. The normalized spacial score (nSPS) is 12.3. The van der Waals surface area contributed by atoms with Gasteiger partial charge in [-0.3, -0.25) is 10.1 Å². The minimum absolute atomic E-state index is 0.0441. The van der Waals surface area contributed by atoms with Crippen LogP contribution >= 0.6 is 11.8 Å². The van der Waals surface area contributed by atoms with Gasteiger partial charge in [0.25, 0.3) is 0 Å². The van der Waals surface area contributed by atoms with Gasteiger partial charge in [0.05, 0.1) is 12.1 Å². The van der Waals surface area contributed by atoms with Gasteiger partial charge in [0.1, 0.15) is 0 Å². The van der Waals surface area contributed by atoms with E-state index in [1.807, 2.05) is 36.4 Å². The molecule has 4 heteroatoms. The van der Waals surface area contributed by atoms with Gasteiger partial charge in [0.2, 0.25) is 5.91 Å². The molecule has 1 atom stereocenters. The molecule has 0 unspecified atom stereocenters. The first-order chi connectivity index (χ1) is 10.7. The summed E-state index contributed by atoms with van der Waals surface area (Å²) in [5.41, 5.74) is 7.82. The highest BCUT2D eigenvalue weighted by Gasteiger charge is 2.22. The van der Waals surface area contributed by atoms with Gasteiger partial charge < -0.3 is 5.73 Å². The van der Waals surface area contributed by atoms with E-state index in [2.05, 4.69) is 36.5 Å². The van der Waals surface area contributed by atoms with E-state index in [0.29, 0.717) is 5.75 Å². The molecule has 3 nitrogen and oxygen atoms in total. The van der Waals surface area contributed by atoms with E-state index in [0.717, 1.165) is 16.9 Å². The molecule has 0 aliphatic rings. The number of hydrogen-bond acceptors (Lipinski definition) is 3. The second-order valence-electron chi connectivity index (χ2n) is 5.04. The van der Waals surface area contributed by atoms with E-state index in [1.165, 1.54) is 0 Å². The van der Waals surface area contributed by atoms with Crippen molar-refractivity contribution in [1.29, 1.82) is 0 Å². The molecule has 116 valence electrons. The lowest BCUT2D eigenvalue weighted by Crippen LogP contribution is -2.45. The van der Waals surface area contributed by atoms with Crippen molar-refractivity contribution < 1.29 is 4.79 Å². The molecule has 0 saturated carbocycles. The molecule has 0 heterocycles. The van der Waals surface area contributed by atoms with Gasteiger partial charge in [-0.15, -0.1) is 0 Å². The lowest BCUT2D eigenvalue weighted by molar-refractivity contribution is -0.119. The van der Waals surface area contributed by atoms with Crippen LogP contribution in [-0.4, -0.2) is 23.5 Å². The first-order valence-electron chi connectivity index (χ1n) is 7.45. The number of amides is 1. The third-order valence-electron chi connectivity index (χ3n) is 3.47. The monoisotopic (exact) mass is 314 g/mol. The number of hydrogen-bond donors (Lipinski definition) is 2. The van der Waals surface area contributed by atoms with Crippen LogP contribution in [0.5, 0.6) is 0 Å². The lowest BCUT2D eigenvalue weighted by Gasteiger charge is -2.24. The number of carbonyl (C=O) groups excluding carboxylic acids is 1. The fraction of sp³-hybridized carbons (Fsp3) is 0.278. The van der Waals surface area contributed by atoms with Crippen molar-refractivity contribution >= 4 is 17.7 Å². The SMILES string of the molecule is CCSC[C@@H](NC(c1ccccc1)c1ccccc1)C(N)=O. The molecular formula is C18H22N2OS. The molecule has 0 aliphatic heterocycles. The van der Waals surface area contributed by atoms with E-state index in [4.69, 9.17) is 5.73 Å². The average Bonchev–Trinajstić information content (AvgIpc) is 2.56. The number of nitrogens with two attached hydrogens (primary N) is 1. The van der Waals surface area contributed by atoms with Crippen molar-refractivity contribution in [3.63, 3.8) is 0 Å². The molecule has 0 fully saturated rings. The van der Waals surface area contributed by atoms with Crippen molar-refractivity contribution in [2.24, 2.45) is 5.73 Å². The predicted octanol–water partition coefficient (Wildman–Crippen LogP) is 2.97. The molecule has 0 saturated heterocycles. The van der Waals surface area contributed by atoms with Gasteiger partial charge in [-0.2, -0.15) is 11.8 Å². The number of nitrogens with one attached hydrogen (secondary N) is 1. The number of rotatable bonds is 8. The van der Waals surface area contributed by atoms with Gasteiger partial charge in [0, 0.05) is 5.75 Å². The highest BCUT2D eigenvalue weighted by atomic mass is 32.2. The molecule has 2 rings (SSSR count). The molecule has 3 N–H and O–H groups in total. The molecule has 0 aromatic heterocycles. The summed E-state index contributed by atoms with van der Waals surface area (Å²) < 4.78 is 0. The zero-order valence-electron chi connectivity index (χ0n) is 12.7. The minimum atomic E-state index is -0.352. The fourth-order valence-electron chi connectivity index (χ4n) is 2.33. The third kappa shape index (κ3) is 4.61. The molecule has 0 bridgehead atoms. The van der Waals surface area contributed by atoms with Crippen LogP contribution in [0, 0.1) is 0 Å². The van der Waals surface area contributed by atoms with Crippen LogP contribution in [0.3, 0.4) is 0 Å². The topological polar surface area (TPSA) is 55.1 Å². The number of benzene rings is 2. The molecule has 2 aromatic carbocycles. The van der Waals surface area contributed by atoms with Crippen molar-refractivity contribution in [3.05, 3.63) is 71.8 Å². The second-order valence-corrected chi connectivity index (χ2v) is 6.35. The van der Waals surface area contributed by atoms with Crippen LogP contribution in [0.4, 0.5) is 0 Å². The zero-order chi connectivity index (χ0) is 15.8. The quantitative estimate of drug-likeness (QED) is 0.787. The Bertz CT molecular complexity index is 535. The van der Waals surface area contributed by atoms with Crippen LogP contribution in [0.15, 0.2) is 60.7 Å².